The van der Waals surface area contributed by atoms with Gasteiger partial charge in [0.1, 0.15) is 23.2 Å². The molecule has 5 nitrogen and oxygen atoms in total. The molecule has 0 saturated carbocycles. The molecule has 7 heteroatoms. The average Bonchev–Trinajstić information content (AvgIpc) is 2.61. The molecule has 0 aliphatic rings. The van der Waals surface area contributed by atoms with Crippen LogP contribution in [0.3, 0.4) is 0 Å². The minimum atomic E-state index is 0.532. The topological polar surface area (TPSA) is 59.1 Å². The molecule has 2 aromatic carbocycles. The first-order valence-corrected chi connectivity index (χ1v) is 8.73. The lowest BCUT2D eigenvalue weighted by molar-refractivity contribution is 0.415. The third-order valence-corrected chi connectivity index (χ3v) is 4.20. The van der Waals surface area contributed by atoms with Crippen LogP contribution in [0.1, 0.15) is 11.4 Å². The Morgan fingerprint density at radius 3 is 2.38 bits per heavy atom. The number of ether oxygens (including phenoxy) is 1. The average molecular weight is 389 g/mol. The van der Waals surface area contributed by atoms with Crippen LogP contribution < -0.4 is 15.4 Å². The van der Waals surface area contributed by atoms with Gasteiger partial charge in [0.05, 0.1) is 12.1 Å². The number of nitrogens with one attached hydrogen (secondary N) is 2. The summed E-state index contributed by atoms with van der Waals surface area (Å²) in [7, 11) is 1.58. The third-order valence-electron chi connectivity index (χ3n) is 3.65. The molecule has 3 rings (SSSR count). The number of methoxy groups -OCH3 is 1. The third kappa shape index (κ3) is 4.77. The second kappa shape index (κ2) is 8.25. The van der Waals surface area contributed by atoms with Gasteiger partial charge in [0.15, 0.2) is 0 Å². The Labute approximate surface area is 162 Å². The van der Waals surface area contributed by atoms with Gasteiger partial charge in [0.25, 0.3) is 0 Å². The molecule has 0 fully saturated rings. The number of anilines is 3. The van der Waals surface area contributed by atoms with Crippen molar-refractivity contribution >= 4 is 40.5 Å². The van der Waals surface area contributed by atoms with Crippen LogP contribution in [0.5, 0.6) is 5.75 Å². The molecule has 0 bridgehead atoms. The highest BCUT2D eigenvalue weighted by Crippen LogP contribution is 2.28. The van der Waals surface area contributed by atoms with Gasteiger partial charge in [0, 0.05) is 23.3 Å². The lowest BCUT2D eigenvalue weighted by Crippen LogP contribution is -2.05. The van der Waals surface area contributed by atoms with Crippen molar-refractivity contribution in [3.05, 3.63) is 70.0 Å². The van der Waals surface area contributed by atoms with Crippen molar-refractivity contribution in [3.63, 3.8) is 0 Å². The summed E-state index contributed by atoms with van der Waals surface area (Å²) in [6, 6.07) is 15.0. The summed E-state index contributed by atoms with van der Waals surface area (Å²) in [6.07, 6.45) is 0. The highest BCUT2D eigenvalue weighted by atomic mass is 35.5. The molecule has 26 heavy (non-hydrogen) atoms. The van der Waals surface area contributed by atoms with Crippen LogP contribution >= 0.6 is 23.2 Å². The van der Waals surface area contributed by atoms with E-state index in [1.165, 1.54) is 0 Å². The van der Waals surface area contributed by atoms with Gasteiger partial charge in [-0.2, -0.15) is 0 Å². The van der Waals surface area contributed by atoms with Crippen LogP contribution in [0.15, 0.2) is 48.5 Å². The molecule has 134 valence electrons. The minimum absolute atomic E-state index is 0.532. The van der Waals surface area contributed by atoms with E-state index in [0.717, 1.165) is 22.1 Å². The summed E-state index contributed by atoms with van der Waals surface area (Å²) in [4.78, 5) is 8.83. The number of halogens is 2. The van der Waals surface area contributed by atoms with Crippen molar-refractivity contribution in [2.75, 3.05) is 17.7 Å². The van der Waals surface area contributed by atoms with E-state index >= 15 is 0 Å². The number of nitrogens with zero attached hydrogens (tertiary/aromatic N) is 2. The molecule has 0 saturated heterocycles. The predicted octanol–water partition coefficient (Wildman–Crippen LogP) is 5.46. The monoisotopic (exact) mass is 388 g/mol. The van der Waals surface area contributed by atoms with Gasteiger partial charge in [-0.05, 0) is 42.8 Å². The summed E-state index contributed by atoms with van der Waals surface area (Å²) >= 11 is 12.1. The van der Waals surface area contributed by atoms with Crippen molar-refractivity contribution in [2.24, 2.45) is 0 Å². The Bertz CT molecular complexity index is 901. The smallest absolute Gasteiger partial charge is 0.137 e. The maximum absolute atomic E-state index is 6.17. The molecule has 0 unspecified atom stereocenters. The van der Waals surface area contributed by atoms with Crippen molar-refractivity contribution in [1.82, 2.24) is 9.97 Å². The van der Waals surface area contributed by atoms with Crippen LogP contribution in [0.4, 0.5) is 17.3 Å². The molecule has 0 aliphatic heterocycles. The maximum Gasteiger partial charge on any atom is 0.137 e. The van der Waals surface area contributed by atoms with E-state index in [1.54, 1.807) is 19.2 Å². The van der Waals surface area contributed by atoms with Gasteiger partial charge in [-0.1, -0.05) is 35.3 Å². The summed E-state index contributed by atoms with van der Waals surface area (Å²) in [5, 5.41) is 7.78. The van der Waals surface area contributed by atoms with E-state index in [9.17, 15) is 0 Å². The highest BCUT2D eigenvalue weighted by molar-refractivity contribution is 6.32. The van der Waals surface area contributed by atoms with Crippen molar-refractivity contribution in [2.45, 2.75) is 13.5 Å². The van der Waals surface area contributed by atoms with E-state index in [4.69, 9.17) is 27.9 Å². The van der Waals surface area contributed by atoms with E-state index in [0.29, 0.717) is 29.0 Å². The molecule has 0 atom stereocenters. The zero-order valence-corrected chi connectivity index (χ0v) is 15.9. The number of aryl methyl sites for hydroxylation is 1. The number of rotatable bonds is 6. The molecule has 1 aromatic heterocycles. The largest absolute Gasteiger partial charge is 0.495 e. The Balaban J connectivity index is 1.72. The van der Waals surface area contributed by atoms with Gasteiger partial charge in [-0.25, -0.2) is 9.97 Å². The minimum Gasteiger partial charge on any atom is -0.495 e. The fraction of sp³-hybridized carbons (Fsp3) is 0.158. The van der Waals surface area contributed by atoms with Crippen molar-refractivity contribution in [3.8, 4) is 5.75 Å². The molecule has 0 radical (unpaired) electrons. The number of aromatic nitrogens is 2. The first-order valence-electron chi connectivity index (χ1n) is 7.98. The number of hydrogen-bond donors (Lipinski definition) is 2. The van der Waals surface area contributed by atoms with Gasteiger partial charge < -0.3 is 15.4 Å². The van der Waals surface area contributed by atoms with E-state index < -0.39 is 0 Å². The highest BCUT2D eigenvalue weighted by Gasteiger charge is 2.06. The van der Waals surface area contributed by atoms with Crippen LogP contribution in [0.2, 0.25) is 10.0 Å². The zero-order chi connectivity index (χ0) is 18.5. The molecule has 0 amide bonds. The Hall–Kier alpha value is -2.50. The fourth-order valence-corrected chi connectivity index (χ4v) is 2.79. The Morgan fingerprint density at radius 2 is 1.69 bits per heavy atom. The summed E-state index contributed by atoms with van der Waals surface area (Å²) in [6.45, 7) is 2.49. The van der Waals surface area contributed by atoms with Gasteiger partial charge in [0.2, 0.25) is 0 Å². The van der Waals surface area contributed by atoms with Crippen LogP contribution in [0, 0.1) is 6.92 Å². The lowest BCUT2D eigenvalue weighted by Gasteiger charge is -2.11. The SMILES string of the molecule is COc1ccc(Nc2cc(NCc3ccc(Cl)cc3)nc(C)n2)cc1Cl. The lowest BCUT2D eigenvalue weighted by atomic mass is 10.2. The number of benzene rings is 2. The first-order chi connectivity index (χ1) is 12.5. The molecule has 2 N–H and O–H groups in total. The normalized spacial score (nSPS) is 10.5. The predicted molar refractivity (Wildman–Crippen MR) is 107 cm³/mol. The fourth-order valence-electron chi connectivity index (χ4n) is 2.41. The second-order valence-electron chi connectivity index (χ2n) is 5.64. The van der Waals surface area contributed by atoms with Crippen LogP contribution in [-0.2, 0) is 6.54 Å². The zero-order valence-electron chi connectivity index (χ0n) is 14.4. The van der Waals surface area contributed by atoms with E-state index in [-0.39, 0.29) is 0 Å². The Morgan fingerprint density at radius 1 is 0.962 bits per heavy atom. The summed E-state index contributed by atoms with van der Waals surface area (Å²) in [5.74, 6) is 2.70. The molecular weight excluding hydrogens is 371 g/mol. The van der Waals surface area contributed by atoms with Gasteiger partial charge in [-0.3, -0.25) is 0 Å². The second-order valence-corrected chi connectivity index (χ2v) is 6.48. The molecule has 0 spiro atoms. The summed E-state index contributed by atoms with van der Waals surface area (Å²) < 4.78 is 5.17. The standard InChI is InChI=1S/C19H18Cl2N4O/c1-12-23-18(22-11-13-3-5-14(20)6-4-13)10-19(24-12)25-15-7-8-17(26-2)16(21)9-15/h3-10H,11H2,1-2H3,(H2,22,23,24,25). The van der Waals surface area contributed by atoms with E-state index in [1.807, 2.05) is 43.3 Å². The van der Waals surface area contributed by atoms with Crippen LogP contribution in [-0.4, -0.2) is 17.1 Å². The van der Waals surface area contributed by atoms with Crippen LogP contribution in [0.25, 0.3) is 0 Å². The van der Waals surface area contributed by atoms with E-state index in [2.05, 4.69) is 20.6 Å². The molecule has 3 aromatic rings. The first kappa shape index (κ1) is 18.3. The van der Waals surface area contributed by atoms with Gasteiger partial charge in [-0.15, -0.1) is 0 Å². The van der Waals surface area contributed by atoms with Gasteiger partial charge >= 0.3 is 0 Å². The Kier molecular flexibility index (Phi) is 5.81. The number of hydrogen-bond acceptors (Lipinski definition) is 5. The van der Waals surface area contributed by atoms with Crippen molar-refractivity contribution < 1.29 is 4.74 Å². The summed E-state index contributed by atoms with van der Waals surface area (Å²) in [5.41, 5.74) is 1.93. The quantitative estimate of drug-likeness (QED) is 0.587. The maximum atomic E-state index is 6.17. The molecule has 0 aliphatic carbocycles. The molecule has 1 heterocycles. The van der Waals surface area contributed by atoms with Crippen molar-refractivity contribution in [1.29, 1.82) is 0 Å². The molecular formula is C19H18Cl2N4O.